The van der Waals surface area contributed by atoms with E-state index in [4.69, 9.17) is 9.63 Å². The lowest BCUT2D eigenvalue weighted by Crippen LogP contribution is -2.39. The zero-order valence-electron chi connectivity index (χ0n) is 14.6. The Kier molecular flexibility index (Phi) is 4.15. The van der Waals surface area contributed by atoms with Crippen LogP contribution in [0.5, 0.6) is 0 Å². The maximum atomic E-state index is 14.6. The minimum atomic E-state index is -4.88. The number of halogens is 6. The standard InChI is InChI=1S/C18H14F6N2O3/c19-9-1-2-10(11(7-9)18(22,23)24)13-8-12(25-29-13)14-16(17(14,20)21)3-5-26(6-4-16)15(27)28/h1-2,7-8,14H,3-6H2,(H,27,28). The van der Waals surface area contributed by atoms with E-state index in [1.54, 1.807) is 0 Å². The largest absolute Gasteiger partial charge is 0.465 e. The normalized spacial score (nSPS) is 22.7. The van der Waals surface area contributed by atoms with Crippen molar-refractivity contribution in [2.45, 2.75) is 30.9 Å². The summed E-state index contributed by atoms with van der Waals surface area (Å²) in [5.41, 5.74) is -3.50. The van der Waals surface area contributed by atoms with Crippen molar-refractivity contribution in [1.29, 1.82) is 0 Å². The van der Waals surface area contributed by atoms with Crippen LogP contribution in [0.1, 0.15) is 30.0 Å². The van der Waals surface area contributed by atoms with Crippen LogP contribution in [0.25, 0.3) is 11.3 Å². The van der Waals surface area contributed by atoms with Crippen molar-refractivity contribution in [2.75, 3.05) is 13.1 Å². The number of benzene rings is 1. The van der Waals surface area contributed by atoms with Crippen LogP contribution in [0.3, 0.4) is 0 Å². The summed E-state index contributed by atoms with van der Waals surface area (Å²) in [6.07, 6.45) is -6.26. The van der Waals surface area contributed by atoms with Crippen LogP contribution in [-0.4, -0.2) is 40.3 Å². The van der Waals surface area contributed by atoms with Crippen LogP contribution in [0, 0.1) is 11.2 Å². The van der Waals surface area contributed by atoms with Gasteiger partial charge in [-0.05, 0) is 31.0 Å². The number of rotatable bonds is 2. The number of alkyl halides is 5. The number of carbonyl (C=O) groups is 1. The number of piperidine rings is 1. The first kappa shape index (κ1) is 19.6. The Morgan fingerprint density at radius 3 is 2.45 bits per heavy atom. The molecule has 2 fully saturated rings. The molecule has 2 aliphatic rings. The molecule has 2 aromatic rings. The van der Waals surface area contributed by atoms with Crippen LogP contribution < -0.4 is 0 Å². The Bertz CT molecular complexity index is 963. The molecule has 1 aromatic carbocycles. The van der Waals surface area contributed by atoms with Gasteiger partial charge in [-0.15, -0.1) is 0 Å². The highest BCUT2D eigenvalue weighted by Crippen LogP contribution is 2.75. The zero-order valence-corrected chi connectivity index (χ0v) is 14.6. The molecule has 1 saturated carbocycles. The molecule has 2 heterocycles. The first-order valence-electron chi connectivity index (χ1n) is 8.67. The summed E-state index contributed by atoms with van der Waals surface area (Å²) in [7, 11) is 0. The number of nitrogens with zero attached hydrogens (tertiary/aromatic N) is 2. The van der Waals surface area contributed by atoms with E-state index in [1.807, 2.05) is 0 Å². The van der Waals surface area contributed by atoms with Crippen LogP contribution >= 0.6 is 0 Å². The number of amides is 1. The number of aromatic nitrogens is 1. The van der Waals surface area contributed by atoms with Crippen LogP contribution in [0.4, 0.5) is 31.1 Å². The van der Waals surface area contributed by atoms with Gasteiger partial charge in [0.05, 0.1) is 22.6 Å². The Hall–Kier alpha value is -2.72. The number of carboxylic acid groups (broad SMARTS) is 1. The second-order valence-corrected chi connectivity index (χ2v) is 7.29. The van der Waals surface area contributed by atoms with Gasteiger partial charge in [-0.2, -0.15) is 13.2 Å². The number of likely N-dealkylation sites (tertiary alicyclic amines) is 1. The summed E-state index contributed by atoms with van der Waals surface area (Å²) >= 11 is 0. The summed E-state index contributed by atoms with van der Waals surface area (Å²) < 4.78 is 87.0. The number of hydrogen-bond donors (Lipinski definition) is 1. The lowest BCUT2D eigenvalue weighted by Gasteiger charge is -2.30. The second kappa shape index (κ2) is 6.14. The summed E-state index contributed by atoms with van der Waals surface area (Å²) in [5.74, 6) is -6.05. The minimum absolute atomic E-state index is 0.0671. The van der Waals surface area contributed by atoms with Gasteiger partial charge in [0.2, 0.25) is 0 Å². The topological polar surface area (TPSA) is 66.6 Å². The highest BCUT2D eigenvalue weighted by atomic mass is 19.4. The average Bonchev–Trinajstić information content (AvgIpc) is 2.96. The molecule has 1 atom stereocenters. The van der Waals surface area contributed by atoms with Crippen LogP contribution in [0.15, 0.2) is 28.8 Å². The second-order valence-electron chi connectivity index (χ2n) is 7.29. The Labute approximate surface area is 159 Å². The summed E-state index contributed by atoms with van der Waals surface area (Å²) in [5, 5.41) is 12.5. The van der Waals surface area contributed by atoms with E-state index in [0.717, 1.165) is 23.1 Å². The van der Waals surface area contributed by atoms with Crippen molar-refractivity contribution in [2.24, 2.45) is 5.41 Å². The fourth-order valence-corrected chi connectivity index (χ4v) is 4.21. The molecule has 1 N–H and O–H groups in total. The molecule has 1 saturated heterocycles. The molecule has 0 radical (unpaired) electrons. The zero-order chi connectivity index (χ0) is 21.2. The molecule has 4 rings (SSSR count). The third-order valence-corrected chi connectivity index (χ3v) is 5.80. The molecule has 5 nitrogen and oxygen atoms in total. The monoisotopic (exact) mass is 420 g/mol. The first-order valence-corrected chi connectivity index (χ1v) is 8.67. The van der Waals surface area contributed by atoms with Crippen molar-refractivity contribution in [3.05, 3.63) is 41.3 Å². The van der Waals surface area contributed by atoms with Crippen molar-refractivity contribution in [3.63, 3.8) is 0 Å². The average molecular weight is 420 g/mol. The Morgan fingerprint density at radius 2 is 1.86 bits per heavy atom. The maximum Gasteiger partial charge on any atom is 0.417 e. The minimum Gasteiger partial charge on any atom is -0.465 e. The van der Waals surface area contributed by atoms with Gasteiger partial charge in [0.15, 0.2) is 5.76 Å². The van der Waals surface area contributed by atoms with E-state index in [0.29, 0.717) is 6.07 Å². The third kappa shape index (κ3) is 2.94. The molecule has 1 aromatic heterocycles. The molecule has 156 valence electrons. The predicted octanol–water partition coefficient (Wildman–Crippen LogP) is 4.99. The van der Waals surface area contributed by atoms with E-state index < -0.39 is 52.2 Å². The van der Waals surface area contributed by atoms with Gasteiger partial charge in [0.1, 0.15) is 5.82 Å². The van der Waals surface area contributed by atoms with Crippen molar-refractivity contribution < 1.29 is 40.8 Å². The van der Waals surface area contributed by atoms with Gasteiger partial charge in [0, 0.05) is 24.7 Å². The SMILES string of the molecule is O=C(O)N1CCC2(CC1)C(c1cc(-c3ccc(F)cc3C(F)(F)F)on1)C2(F)F. The molecule has 11 heteroatoms. The fourth-order valence-electron chi connectivity index (χ4n) is 4.21. The molecule has 29 heavy (non-hydrogen) atoms. The maximum absolute atomic E-state index is 14.6. The van der Waals surface area contributed by atoms with Crippen molar-refractivity contribution in [1.82, 2.24) is 10.1 Å². The van der Waals surface area contributed by atoms with Gasteiger partial charge in [-0.25, -0.2) is 18.0 Å². The lowest BCUT2D eigenvalue weighted by atomic mass is 9.89. The van der Waals surface area contributed by atoms with Crippen LogP contribution in [0.2, 0.25) is 0 Å². The van der Waals surface area contributed by atoms with E-state index >= 15 is 0 Å². The molecule has 1 unspecified atom stereocenters. The third-order valence-electron chi connectivity index (χ3n) is 5.80. The number of hydrogen-bond acceptors (Lipinski definition) is 3. The molecule has 1 aliphatic heterocycles. The van der Waals surface area contributed by atoms with Crippen LogP contribution in [-0.2, 0) is 6.18 Å². The molecule has 0 bridgehead atoms. The highest BCUT2D eigenvalue weighted by Gasteiger charge is 2.81. The van der Waals surface area contributed by atoms with E-state index in [1.165, 1.54) is 0 Å². The Morgan fingerprint density at radius 1 is 1.21 bits per heavy atom. The fraction of sp³-hybridized carbons (Fsp3) is 0.444. The predicted molar refractivity (Wildman–Crippen MR) is 85.9 cm³/mol. The molecular formula is C18H14F6N2O3. The molecule has 1 spiro atoms. The van der Waals surface area contributed by atoms with E-state index in [-0.39, 0.29) is 31.6 Å². The van der Waals surface area contributed by atoms with Crippen molar-refractivity contribution in [3.8, 4) is 11.3 Å². The van der Waals surface area contributed by atoms with Gasteiger partial charge in [-0.3, -0.25) is 0 Å². The summed E-state index contributed by atoms with van der Waals surface area (Å²) in [6.45, 7) is -0.134. The Balaban J connectivity index is 1.64. The first-order chi connectivity index (χ1) is 13.5. The molecule has 1 aliphatic carbocycles. The van der Waals surface area contributed by atoms with Gasteiger partial charge >= 0.3 is 12.3 Å². The van der Waals surface area contributed by atoms with Crippen molar-refractivity contribution >= 4 is 6.09 Å². The van der Waals surface area contributed by atoms with Gasteiger partial charge in [-0.1, -0.05) is 5.16 Å². The molecular weight excluding hydrogens is 406 g/mol. The molecule has 1 amide bonds. The summed E-state index contributed by atoms with van der Waals surface area (Å²) in [4.78, 5) is 12.0. The lowest BCUT2D eigenvalue weighted by molar-refractivity contribution is -0.137. The van der Waals surface area contributed by atoms with Gasteiger partial charge in [0.25, 0.3) is 5.92 Å². The van der Waals surface area contributed by atoms with E-state index in [2.05, 4.69) is 5.16 Å². The quantitative estimate of drug-likeness (QED) is 0.695. The highest BCUT2D eigenvalue weighted by molar-refractivity contribution is 5.65. The summed E-state index contributed by atoms with van der Waals surface area (Å²) in [6, 6.07) is 2.97. The van der Waals surface area contributed by atoms with Gasteiger partial charge < -0.3 is 14.5 Å². The smallest absolute Gasteiger partial charge is 0.417 e. The van der Waals surface area contributed by atoms with E-state index in [9.17, 15) is 31.1 Å².